The second-order valence-corrected chi connectivity index (χ2v) is 14.4. The van der Waals surface area contributed by atoms with Crippen LogP contribution < -0.4 is 14.9 Å². The molecule has 0 amide bonds. The van der Waals surface area contributed by atoms with Crippen molar-refractivity contribution in [2.24, 2.45) is 0 Å². The van der Waals surface area contributed by atoms with Gasteiger partial charge in [-0.25, -0.2) is 18.4 Å². The molecule has 38 heavy (non-hydrogen) atoms. The van der Waals surface area contributed by atoms with E-state index in [0.717, 1.165) is 16.1 Å². The third-order valence-corrected chi connectivity index (χ3v) is 10.4. The zero-order chi connectivity index (χ0) is 28.1. The van der Waals surface area contributed by atoms with Crippen molar-refractivity contribution in [2.45, 2.75) is 32.7 Å². The molecule has 0 unspecified atom stereocenters. The Bertz CT molecular complexity index is 1430. The van der Waals surface area contributed by atoms with Gasteiger partial charge in [-0.15, -0.1) is 0 Å². The van der Waals surface area contributed by atoms with Gasteiger partial charge in [-0.1, -0.05) is 32.0 Å². The van der Waals surface area contributed by atoms with Crippen molar-refractivity contribution >= 4 is 40.4 Å². The predicted octanol–water partition coefficient (Wildman–Crippen LogP) is 5.54. The molecule has 206 valence electrons. The van der Waals surface area contributed by atoms with E-state index in [2.05, 4.69) is 25.6 Å². The minimum atomic E-state index is -4.73. The molecule has 0 fully saturated rings. The van der Waals surface area contributed by atoms with Crippen LogP contribution in [0.25, 0.3) is 0 Å². The van der Waals surface area contributed by atoms with Crippen molar-refractivity contribution in [3.8, 4) is 0 Å². The van der Waals surface area contributed by atoms with Crippen LogP contribution in [0.15, 0.2) is 48.8 Å². The van der Waals surface area contributed by atoms with E-state index in [1.807, 2.05) is 19.9 Å². The van der Waals surface area contributed by atoms with Crippen molar-refractivity contribution in [3.05, 3.63) is 65.5 Å². The Hall–Kier alpha value is -3.18. The van der Waals surface area contributed by atoms with E-state index >= 15 is 0 Å². The highest BCUT2D eigenvalue weighted by Crippen LogP contribution is 2.48. The number of nitrogens with one attached hydrogen (secondary N) is 2. The summed E-state index contributed by atoms with van der Waals surface area (Å²) in [5.41, 5.74) is 0.652. The van der Waals surface area contributed by atoms with Crippen molar-refractivity contribution in [1.82, 2.24) is 15.0 Å². The number of halogens is 3. The molecule has 0 aliphatic rings. The number of hydrogen-bond acceptors (Lipinski definition) is 8. The summed E-state index contributed by atoms with van der Waals surface area (Å²) in [6.07, 6.45) is -0.0802. The van der Waals surface area contributed by atoms with E-state index in [-0.39, 0.29) is 18.3 Å². The highest BCUT2D eigenvalue weighted by molar-refractivity contribution is 7.92. The number of alkyl halides is 3. The molecule has 0 atom stereocenters. The van der Waals surface area contributed by atoms with E-state index in [1.54, 1.807) is 30.3 Å². The van der Waals surface area contributed by atoms with Crippen LogP contribution in [0.3, 0.4) is 0 Å². The van der Waals surface area contributed by atoms with Crippen LogP contribution in [0.4, 0.5) is 36.4 Å². The quantitative estimate of drug-likeness (QED) is 0.289. The van der Waals surface area contributed by atoms with Gasteiger partial charge in [0.15, 0.2) is 0 Å². The molecule has 2 aromatic heterocycles. The Balaban J connectivity index is 1.89. The molecule has 0 aliphatic heterocycles. The fraction of sp³-hybridized carbons (Fsp3) is 0.375. The lowest BCUT2D eigenvalue weighted by atomic mass is 10.2. The van der Waals surface area contributed by atoms with Gasteiger partial charge in [0.2, 0.25) is 16.0 Å². The summed E-state index contributed by atoms with van der Waals surface area (Å²) in [5.74, 6) is -0.479. The van der Waals surface area contributed by atoms with E-state index in [1.165, 1.54) is 13.2 Å². The zero-order valence-corrected chi connectivity index (χ0v) is 23.2. The lowest BCUT2D eigenvalue weighted by molar-refractivity contribution is -0.137. The number of aromatic nitrogens is 3. The van der Waals surface area contributed by atoms with Crippen molar-refractivity contribution in [3.63, 3.8) is 0 Å². The molecule has 2 heterocycles. The second-order valence-electron chi connectivity index (χ2n) is 8.70. The van der Waals surface area contributed by atoms with Gasteiger partial charge in [-0.2, -0.15) is 18.2 Å². The van der Waals surface area contributed by atoms with Crippen molar-refractivity contribution in [1.29, 1.82) is 0 Å². The minimum Gasteiger partial charge on any atom is -0.365 e. The molecule has 3 aromatic rings. The topological polar surface area (TPSA) is 117 Å². The first-order chi connectivity index (χ1) is 17.8. The minimum absolute atomic E-state index is 0.0773. The average Bonchev–Trinajstić information content (AvgIpc) is 2.86. The first kappa shape index (κ1) is 29.4. The molecule has 2 N–H and O–H groups in total. The van der Waals surface area contributed by atoms with E-state index in [9.17, 15) is 26.2 Å². The van der Waals surface area contributed by atoms with Gasteiger partial charge in [0.05, 0.1) is 13.4 Å². The van der Waals surface area contributed by atoms with Gasteiger partial charge in [0.25, 0.3) is 0 Å². The number of sulfonamides is 1. The maximum atomic E-state index is 13.7. The third kappa shape index (κ3) is 7.44. The Labute approximate surface area is 220 Å². The number of anilines is 4. The molecule has 14 heteroatoms. The van der Waals surface area contributed by atoms with Crippen LogP contribution in [-0.4, -0.2) is 49.0 Å². The first-order valence-corrected chi connectivity index (χ1v) is 15.9. The van der Waals surface area contributed by atoms with Gasteiger partial charge in [-0.05, 0) is 36.1 Å². The lowest BCUT2D eigenvalue weighted by Crippen LogP contribution is -2.27. The molecule has 3 rings (SSSR count). The molecule has 0 radical (unpaired) electrons. The molecule has 1 aromatic carbocycles. The maximum Gasteiger partial charge on any atom is 0.421 e. The number of hydrogen-bond donors (Lipinski definition) is 2. The van der Waals surface area contributed by atoms with Crippen LogP contribution >= 0.6 is 7.14 Å². The molecule has 0 bridgehead atoms. The number of benzene rings is 1. The van der Waals surface area contributed by atoms with Crippen LogP contribution in [0, 0.1) is 0 Å². The van der Waals surface area contributed by atoms with E-state index < -0.39 is 34.7 Å². The number of pyridine rings is 1. The summed E-state index contributed by atoms with van der Waals surface area (Å²) in [5, 5.41) is 5.57. The van der Waals surface area contributed by atoms with Gasteiger partial charge in [-0.3, -0.25) is 4.31 Å². The third-order valence-electron chi connectivity index (χ3n) is 6.01. The fourth-order valence-corrected chi connectivity index (χ4v) is 5.86. The Morgan fingerprint density at radius 1 is 1.08 bits per heavy atom. The Morgan fingerprint density at radius 3 is 2.42 bits per heavy atom. The average molecular weight is 571 g/mol. The van der Waals surface area contributed by atoms with Gasteiger partial charge >= 0.3 is 6.18 Å². The summed E-state index contributed by atoms with van der Waals surface area (Å²) in [6, 6.07) is 10.2. The SMILES string of the molecule is CCP(=O)(CC)Cc1cccc(Nc2ncc(C(F)(F)F)c(NCc3cccnc3N(C)S(C)(=O)=O)n2)c1. The van der Waals surface area contributed by atoms with Crippen molar-refractivity contribution in [2.75, 3.05) is 40.6 Å². The summed E-state index contributed by atoms with van der Waals surface area (Å²) in [7, 11) is -4.67. The maximum absolute atomic E-state index is 13.7. The largest absolute Gasteiger partial charge is 0.421 e. The van der Waals surface area contributed by atoms with E-state index in [0.29, 0.717) is 35.9 Å². The monoisotopic (exact) mass is 570 g/mol. The van der Waals surface area contributed by atoms with Crippen LogP contribution in [0.1, 0.15) is 30.5 Å². The first-order valence-electron chi connectivity index (χ1n) is 11.7. The number of rotatable bonds is 11. The highest BCUT2D eigenvalue weighted by atomic mass is 32.2. The normalized spacial score (nSPS) is 12.3. The van der Waals surface area contributed by atoms with Gasteiger partial charge in [0.1, 0.15) is 17.2 Å². The Morgan fingerprint density at radius 2 is 1.79 bits per heavy atom. The fourth-order valence-electron chi connectivity index (χ4n) is 3.63. The standard InChI is InChI=1S/C24H30F3N6O3PS/c1-5-37(34,6-2)16-17-9-7-11-19(13-17)31-23-30-15-20(24(25,26)27)21(32-23)29-14-18-10-8-12-28-22(18)33(3)38(4,35)36/h7-13,15H,5-6,14,16H2,1-4H3,(H2,29,30,31,32). The number of nitrogens with zero attached hydrogens (tertiary/aromatic N) is 4. The molecule has 0 saturated heterocycles. The van der Waals surface area contributed by atoms with Gasteiger partial charge in [0, 0.05) is 43.4 Å². The summed E-state index contributed by atoms with van der Waals surface area (Å²) < 4.78 is 78.9. The molecule has 0 spiro atoms. The zero-order valence-electron chi connectivity index (χ0n) is 21.5. The molecular weight excluding hydrogens is 540 g/mol. The lowest BCUT2D eigenvalue weighted by Gasteiger charge is -2.20. The van der Waals surface area contributed by atoms with Crippen LogP contribution in [0.2, 0.25) is 0 Å². The van der Waals surface area contributed by atoms with Gasteiger partial charge < -0.3 is 15.2 Å². The summed E-state index contributed by atoms with van der Waals surface area (Å²) in [6.45, 7) is 3.61. The molecule has 0 aliphatic carbocycles. The summed E-state index contributed by atoms with van der Waals surface area (Å²) >= 11 is 0. The predicted molar refractivity (Wildman–Crippen MR) is 144 cm³/mol. The molecular formula is C24H30F3N6O3PS. The molecule has 9 nitrogen and oxygen atoms in total. The highest BCUT2D eigenvalue weighted by Gasteiger charge is 2.35. The smallest absolute Gasteiger partial charge is 0.365 e. The molecule has 0 saturated carbocycles. The van der Waals surface area contributed by atoms with E-state index in [4.69, 9.17) is 0 Å². The van der Waals surface area contributed by atoms with Crippen LogP contribution in [0.5, 0.6) is 0 Å². The van der Waals surface area contributed by atoms with Crippen LogP contribution in [-0.2, 0) is 33.5 Å². The summed E-state index contributed by atoms with van der Waals surface area (Å²) in [4.78, 5) is 11.9. The van der Waals surface area contributed by atoms with Crippen molar-refractivity contribution < 1.29 is 26.2 Å². The Kier molecular flexibility index (Phi) is 9.04. The second kappa shape index (κ2) is 11.7.